The SMILES string of the molecule is O=C(N1CC(S(=O)(=O)NC2CCCC2)C1)C(F)(F)c1ccccc1F. The summed E-state index contributed by atoms with van der Waals surface area (Å²) in [5, 5.41) is -0.909. The molecule has 1 heterocycles. The van der Waals surface area contributed by atoms with Crippen molar-refractivity contribution in [1.29, 1.82) is 0 Å². The summed E-state index contributed by atoms with van der Waals surface area (Å²) in [4.78, 5) is 12.8. The first kappa shape index (κ1) is 18.2. The minimum absolute atomic E-state index is 0.116. The number of alkyl halides is 2. The number of carbonyl (C=O) groups excluding carboxylic acids is 1. The first-order valence-corrected chi connectivity index (χ1v) is 9.70. The highest BCUT2D eigenvalue weighted by Crippen LogP contribution is 2.34. The number of nitrogens with zero attached hydrogens (tertiary/aromatic N) is 1. The third kappa shape index (κ3) is 3.52. The predicted octanol–water partition coefficient (Wildman–Crippen LogP) is 1.99. The summed E-state index contributed by atoms with van der Waals surface area (Å²) in [5.41, 5.74) is -1.00. The molecule has 0 spiro atoms. The number of likely N-dealkylation sites (tertiary alicyclic amines) is 1. The van der Waals surface area contributed by atoms with Gasteiger partial charge in [0.15, 0.2) is 0 Å². The van der Waals surface area contributed by atoms with Crippen molar-refractivity contribution in [3.63, 3.8) is 0 Å². The standard InChI is InChI=1S/C16H19F3N2O3S/c17-14-8-4-3-7-13(14)16(18,19)15(22)21-9-12(10-21)25(23,24)20-11-5-1-2-6-11/h3-4,7-8,11-12,20H,1-2,5-6,9-10H2. The number of hydrogen-bond acceptors (Lipinski definition) is 3. The molecule has 0 atom stereocenters. The predicted molar refractivity (Wildman–Crippen MR) is 85.0 cm³/mol. The maximum atomic E-state index is 14.2. The summed E-state index contributed by atoms with van der Waals surface area (Å²) in [6.07, 6.45) is 3.44. The summed E-state index contributed by atoms with van der Waals surface area (Å²) >= 11 is 0. The third-order valence-corrected chi connectivity index (χ3v) is 6.58. The molecule has 1 amide bonds. The Labute approximate surface area is 144 Å². The number of hydrogen-bond donors (Lipinski definition) is 1. The van der Waals surface area contributed by atoms with Gasteiger partial charge in [0.25, 0.3) is 5.91 Å². The molecule has 2 aliphatic rings. The van der Waals surface area contributed by atoms with Gasteiger partial charge in [-0.15, -0.1) is 0 Å². The van der Waals surface area contributed by atoms with Gasteiger partial charge in [0.1, 0.15) is 11.1 Å². The number of amides is 1. The Morgan fingerprint density at radius 2 is 1.76 bits per heavy atom. The summed E-state index contributed by atoms with van der Waals surface area (Å²) in [7, 11) is -3.65. The van der Waals surface area contributed by atoms with Crippen LogP contribution in [0.2, 0.25) is 0 Å². The van der Waals surface area contributed by atoms with E-state index in [2.05, 4.69) is 4.72 Å². The van der Waals surface area contributed by atoms with Crippen LogP contribution in [0.25, 0.3) is 0 Å². The van der Waals surface area contributed by atoms with E-state index < -0.39 is 38.5 Å². The monoisotopic (exact) mass is 376 g/mol. The Bertz CT molecular complexity index is 758. The summed E-state index contributed by atoms with van der Waals surface area (Å²) in [6.45, 7) is -0.629. The van der Waals surface area contributed by atoms with Crippen LogP contribution in [0.3, 0.4) is 0 Å². The Hall–Kier alpha value is -1.61. The van der Waals surface area contributed by atoms with Crippen LogP contribution in [0.5, 0.6) is 0 Å². The molecule has 1 aromatic carbocycles. The van der Waals surface area contributed by atoms with Crippen molar-refractivity contribution < 1.29 is 26.4 Å². The van der Waals surface area contributed by atoms with Gasteiger partial charge in [-0.2, -0.15) is 8.78 Å². The highest BCUT2D eigenvalue weighted by atomic mass is 32.2. The molecule has 1 saturated heterocycles. The van der Waals surface area contributed by atoms with Crippen molar-refractivity contribution >= 4 is 15.9 Å². The highest BCUT2D eigenvalue weighted by Gasteiger charge is 2.51. The quantitative estimate of drug-likeness (QED) is 0.855. The zero-order chi connectivity index (χ0) is 18.2. The fourth-order valence-corrected chi connectivity index (χ4v) is 4.85. The zero-order valence-electron chi connectivity index (χ0n) is 13.4. The van der Waals surface area contributed by atoms with Crippen LogP contribution in [-0.4, -0.2) is 43.6 Å². The highest BCUT2D eigenvalue weighted by molar-refractivity contribution is 7.90. The smallest absolute Gasteiger partial charge is 0.334 e. The number of halogens is 3. The summed E-state index contributed by atoms with van der Waals surface area (Å²) in [5.74, 6) is -6.78. The molecular weight excluding hydrogens is 357 g/mol. The number of benzene rings is 1. The third-order valence-electron chi connectivity index (χ3n) is 4.74. The Balaban J connectivity index is 1.63. The minimum atomic E-state index is -4.03. The first-order chi connectivity index (χ1) is 11.7. The molecule has 9 heteroatoms. The molecule has 25 heavy (non-hydrogen) atoms. The summed E-state index contributed by atoms with van der Waals surface area (Å²) in [6, 6.07) is 4.05. The normalized spacial score (nSPS) is 19.9. The molecule has 1 saturated carbocycles. The van der Waals surface area contributed by atoms with Crippen LogP contribution in [0.4, 0.5) is 13.2 Å². The van der Waals surface area contributed by atoms with E-state index >= 15 is 0 Å². The average molecular weight is 376 g/mol. The van der Waals surface area contributed by atoms with Gasteiger partial charge in [0.2, 0.25) is 10.0 Å². The van der Waals surface area contributed by atoms with E-state index in [4.69, 9.17) is 0 Å². The fourth-order valence-electron chi connectivity index (χ4n) is 3.20. The van der Waals surface area contributed by atoms with Crippen molar-refractivity contribution in [3.05, 3.63) is 35.6 Å². The molecule has 0 unspecified atom stereocenters. The Morgan fingerprint density at radius 3 is 2.36 bits per heavy atom. The van der Waals surface area contributed by atoms with Crippen LogP contribution >= 0.6 is 0 Å². The topological polar surface area (TPSA) is 66.5 Å². The molecule has 1 aliphatic heterocycles. The van der Waals surface area contributed by atoms with Crippen LogP contribution in [0.15, 0.2) is 24.3 Å². The lowest BCUT2D eigenvalue weighted by molar-refractivity contribution is -0.163. The van der Waals surface area contributed by atoms with Gasteiger partial charge in [-0.25, -0.2) is 17.5 Å². The molecule has 138 valence electrons. The molecule has 1 aliphatic carbocycles. The van der Waals surface area contributed by atoms with Crippen molar-refractivity contribution in [2.24, 2.45) is 0 Å². The number of carbonyl (C=O) groups is 1. The largest absolute Gasteiger partial charge is 0.352 e. The van der Waals surface area contributed by atoms with E-state index in [0.29, 0.717) is 0 Å². The Kier molecular flexibility index (Phi) is 4.80. The number of rotatable bonds is 5. The molecule has 2 fully saturated rings. The number of nitrogens with one attached hydrogen (secondary N) is 1. The van der Waals surface area contributed by atoms with Gasteiger partial charge >= 0.3 is 5.92 Å². The maximum absolute atomic E-state index is 14.2. The molecule has 3 rings (SSSR count). The van der Waals surface area contributed by atoms with Gasteiger partial charge < -0.3 is 4.90 Å². The second-order valence-electron chi connectivity index (χ2n) is 6.53. The lowest BCUT2D eigenvalue weighted by Crippen LogP contribution is -2.62. The molecule has 0 bridgehead atoms. The van der Waals surface area contributed by atoms with E-state index in [0.717, 1.165) is 42.7 Å². The fraction of sp³-hybridized carbons (Fsp3) is 0.562. The van der Waals surface area contributed by atoms with Gasteiger partial charge in [-0.1, -0.05) is 25.0 Å². The second kappa shape index (κ2) is 6.60. The van der Waals surface area contributed by atoms with E-state index in [1.54, 1.807) is 0 Å². The minimum Gasteiger partial charge on any atom is -0.334 e. The van der Waals surface area contributed by atoms with E-state index in [1.807, 2.05) is 0 Å². The molecule has 1 N–H and O–H groups in total. The molecule has 1 aromatic rings. The van der Waals surface area contributed by atoms with Crippen LogP contribution in [-0.2, 0) is 20.7 Å². The van der Waals surface area contributed by atoms with E-state index in [-0.39, 0.29) is 19.1 Å². The van der Waals surface area contributed by atoms with Gasteiger partial charge in [-0.3, -0.25) is 4.79 Å². The molecular formula is C16H19F3N2O3S. The number of sulfonamides is 1. The maximum Gasteiger partial charge on any atom is 0.352 e. The average Bonchev–Trinajstić information content (AvgIpc) is 2.97. The van der Waals surface area contributed by atoms with Gasteiger partial charge in [0, 0.05) is 19.1 Å². The lowest BCUT2D eigenvalue weighted by atomic mass is 10.0. The van der Waals surface area contributed by atoms with Gasteiger partial charge in [-0.05, 0) is 25.0 Å². The van der Waals surface area contributed by atoms with Crippen molar-refractivity contribution in [3.8, 4) is 0 Å². The van der Waals surface area contributed by atoms with Gasteiger partial charge in [0.05, 0.1) is 5.56 Å². The molecule has 0 radical (unpaired) electrons. The lowest BCUT2D eigenvalue weighted by Gasteiger charge is -2.40. The second-order valence-corrected chi connectivity index (χ2v) is 8.52. The Morgan fingerprint density at radius 1 is 1.16 bits per heavy atom. The summed E-state index contributed by atoms with van der Waals surface area (Å²) < 4.78 is 69.1. The van der Waals surface area contributed by atoms with Crippen LogP contribution in [0.1, 0.15) is 31.2 Å². The van der Waals surface area contributed by atoms with Crippen molar-refractivity contribution in [2.75, 3.05) is 13.1 Å². The van der Waals surface area contributed by atoms with E-state index in [1.165, 1.54) is 12.1 Å². The zero-order valence-corrected chi connectivity index (χ0v) is 14.2. The molecule has 5 nitrogen and oxygen atoms in total. The molecule has 0 aromatic heterocycles. The van der Waals surface area contributed by atoms with Crippen molar-refractivity contribution in [1.82, 2.24) is 9.62 Å². The van der Waals surface area contributed by atoms with Crippen LogP contribution in [0, 0.1) is 5.82 Å². The van der Waals surface area contributed by atoms with Crippen molar-refractivity contribution in [2.45, 2.75) is 42.9 Å². The first-order valence-electron chi connectivity index (χ1n) is 8.15. The van der Waals surface area contributed by atoms with Crippen LogP contribution < -0.4 is 4.72 Å². The van der Waals surface area contributed by atoms with E-state index in [9.17, 15) is 26.4 Å².